The standard InChI is InChI=1S/C19H16N4OS/c1-11-7-9-13(10-8-11)17(24)12(2)25-19-21-18-16(22-23-19)14-5-3-4-6-15(14)20-18/h3-10,12H,1-2H3,(H,20,21,23)/t12-/m1/s1. The first kappa shape index (κ1) is 15.8. The number of hydrogen-bond acceptors (Lipinski definition) is 5. The zero-order chi connectivity index (χ0) is 17.4. The number of hydrogen-bond donors (Lipinski definition) is 1. The van der Waals surface area contributed by atoms with Crippen molar-refractivity contribution in [2.45, 2.75) is 24.3 Å². The summed E-state index contributed by atoms with van der Waals surface area (Å²) in [6.07, 6.45) is 0. The van der Waals surface area contributed by atoms with Gasteiger partial charge in [-0.05, 0) is 19.9 Å². The van der Waals surface area contributed by atoms with Crippen molar-refractivity contribution >= 4 is 39.6 Å². The highest BCUT2D eigenvalue weighted by molar-refractivity contribution is 8.00. The van der Waals surface area contributed by atoms with Gasteiger partial charge in [-0.2, -0.15) is 0 Å². The number of ketones is 1. The number of aromatic amines is 1. The van der Waals surface area contributed by atoms with Crippen molar-refractivity contribution in [1.82, 2.24) is 20.2 Å². The summed E-state index contributed by atoms with van der Waals surface area (Å²) in [7, 11) is 0. The van der Waals surface area contributed by atoms with Crippen LogP contribution in [0.1, 0.15) is 22.8 Å². The lowest BCUT2D eigenvalue weighted by molar-refractivity contribution is 0.0994. The number of nitrogens with one attached hydrogen (secondary N) is 1. The third-order valence-corrected chi connectivity index (χ3v) is 5.04. The van der Waals surface area contributed by atoms with Crippen LogP contribution >= 0.6 is 11.8 Å². The summed E-state index contributed by atoms with van der Waals surface area (Å²) in [6, 6.07) is 15.5. The van der Waals surface area contributed by atoms with Crippen molar-refractivity contribution < 1.29 is 4.79 Å². The largest absolute Gasteiger partial charge is 0.338 e. The first-order valence-electron chi connectivity index (χ1n) is 8.00. The van der Waals surface area contributed by atoms with Crippen LogP contribution in [-0.4, -0.2) is 31.2 Å². The number of rotatable bonds is 4. The van der Waals surface area contributed by atoms with E-state index in [0.29, 0.717) is 16.4 Å². The summed E-state index contributed by atoms with van der Waals surface area (Å²) in [5.41, 5.74) is 4.25. The van der Waals surface area contributed by atoms with Gasteiger partial charge in [0.15, 0.2) is 11.4 Å². The predicted octanol–water partition coefficient (Wildman–Crippen LogP) is 4.18. The number of nitrogens with zero attached hydrogens (tertiary/aromatic N) is 3. The van der Waals surface area contributed by atoms with E-state index in [0.717, 1.165) is 22.0 Å². The fraction of sp³-hybridized carbons (Fsp3) is 0.158. The van der Waals surface area contributed by atoms with Crippen molar-refractivity contribution in [3.8, 4) is 0 Å². The lowest BCUT2D eigenvalue weighted by Gasteiger charge is -2.09. The van der Waals surface area contributed by atoms with Crippen molar-refractivity contribution in [1.29, 1.82) is 0 Å². The van der Waals surface area contributed by atoms with Crippen molar-refractivity contribution in [2.24, 2.45) is 0 Å². The molecule has 2 heterocycles. The Hall–Kier alpha value is -2.73. The van der Waals surface area contributed by atoms with Gasteiger partial charge in [0, 0.05) is 16.5 Å². The van der Waals surface area contributed by atoms with Crippen LogP contribution < -0.4 is 0 Å². The Morgan fingerprint density at radius 1 is 1.08 bits per heavy atom. The summed E-state index contributed by atoms with van der Waals surface area (Å²) in [6.45, 7) is 3.87. The minimum absolute atomic E-state index is 0.0605. The Labute approximate surface area is 148 Å². The summed E-state index contributed by atoms with van der Waals surface area (Å²) < 4.78 is 0. The molecule has 2 aromatic carbocycles. The Morgan fingerprint density at radius 3 is 2.64 bits per heavy atom. The highest BCUT2D eigenvalue weighted by Crippen LogP contribution is 2.26. The van der Waals surface area contributed by atoms with Crippen LogP contribution in [0.2, 0.25) is 0 Å². The molecule has 1 N–H and O–H groups in total. The molecule has 2 aromatic heterocycles. The lowest BCUT2D eigenvalue weighted by atomic mass is 10.1. The van der Waals surface area contributed by atoms with Gasteiger partial charge in [-0.15, -0.1) is 10.2 Å². The molecule has 0 bridgehead atoms. The summed E-state index contributed by atoms with van der Waals surface area (Å²) in [5.74, 6) is 0.0605. The number of aryl methyl sites for hydroxylation is 1. The van der Waals surface area contributed by atoms with Gasteiger partial charge in [-0.3, -0.25) is 4.79 Å². The molecule has 0 aliphatic carbocycles. The molecular weight excluding hydrogens is 332 g/mol. The summed E-state index contributed by atoms with van der Waals surface area (Å²) in [5, 5.41) is 9.68. The van der Waals surface area contributed by atoms with Gasteiger partial charge in [0.25, 0.3) is 0 Å². The van der Waals surface area contributed by atoms with Crippen LogP contribution in [0.15, 0.2) is 53.7 Å². The Balaban J connectivity index is 1.60. The molecule has 0 spiro atoms. The van der Waals surface area contributed by atoms with E-state index < -0.39 is 0 Å². The van der Waals surface area contributed by atoms with E-state index in [1.54, 1.807) is 0 Å². The number of carbonyl (C=O) groups is 1. The summed E-state index contributed by atoms with van der Waals surface area (Å²) in [4.78, 5) is 20.3. The van der Waals surface area contributed by atoms with Crippen LogP contribution in [0.25, 0.3) is 22.1 Å². The number of aromatic nitrogens is 4. The molecule has 0 unspecified atom stereocenters. The van der Waals surface area contributed by atoms with E-state index in [-0.39, 0.29) is 11.0 Å². The maximum absolute atomic E-state index is 12.6. The molecule has 0 radical (unpaired) electrons. The highest BCUT2D eigenvalue weighted by atomic mass is 32.2. The second-order valence-electron chi connectivity index (χ2n) is 5.95. The average molecular weight is 348 g/mol. The molecule has 4 aromatic rings. The van der Waals surface area contributed by atoms with Gasteiger partial charge in [-0.1, -0.05) is 59.8 Å². The molecule has 5 nitrogen and oxygen atoms in total. The van der Waals surface area contributed by atoms with E-state index in [4.69, 9.17) is 0 Å². The minimum atomic E-state index is -0.286. The maximum Gasteiger partial charge on any atom is 0.211 e. The van der Waals surface area contributed by atoms with Gasteiger partial charge >= 0.3 is 0 Å². The van der Waals surface area contributed by atoms with Gasteiger partial charge < -0.3 is 4.98 Å². The van der Waals surface area contributed by atoms with E-state index in [1.165, 1.54) is 11.8 Å². The van der Waals surface area contributed by atoms with Crippen LogP contribution in [-0.2, 0) is 0 Å². The van der Waals surface area contributed by atoms with Crippen LogP contribution in [0.3, 0.4) is 0 Å². The fourth-order valence-electron chi connectivity index (χ4n) is 2.72. The van der Waals surface area contributed by atoms with Gasteiger partial charge in [-0.25, -0.2) is 4.98 Å². The third-order valence-electron chi connectivity index (χ3n) is 4.09. The maximum atomic E-state index is 12.6. The molecule has 4 rings (SSSR count). The molecular formula is C19H16N4OS. The predicted molar refractivity (Wildman–Crippen MR) is 100 cm³/mol. The molecule has 1 atom stereocenters. The Morgan fingerprint density at radius 2 is 1.84 bits per heavy atom. The number of H-pyrrole nitrogens is 1. The monoisotopic (exact) mass is 348 g/mol. The number of fused-ring (bicyclic) bond motifs is 3. The van der Waals surface area contributed by atoms with Crippen LogP contribution in [0.5, 0.6) is 0 Å². The van der Waals surface area contributed by atoms with Gasteiger partial charge in [0.05, 0.1) is 5.25 Å². The number of carbonyl (C=O) groups excluding carboxylic acids is 1. The van der Waals surface area contributed by atoms with Gasteiger partial charge in [0.1, 0.15) is 5.52 Å². The molecule has 0 aliphatic heterocycles. The van der Waals surface area contributed by atoms with Crippen molar-refractivity contribution in [3.05, 3.63) is 59.7 Å². The quantitative estimate of drug-likeness (QED) is 0.442. The number of thioether (sulfide) groups is 1. The highest BCUT2D eigenvalue weighted by Gasteiger charge is 2.19. The van der Waals surface area contributed by atoms with Crippen molar-refractivity contribution in [2.75, 3.05) is 0 Å². The van der Waals surface area contributed by atoms with Crippen LogP contribution in [0, 0.1) is 6.92 Å². The molecule has 25 heavy (non-hydrogen) atoms. The molecule has 6 heteroatoms. The molecule has 0 fully saturated rings. The second kappa shape index (κ2) is 6.29. The lowest BCUT2D eigenvalue weighted by Crippen LogP contribution is -2.14. The molecule has 0 saturated carbocycles. The Kier molecular flexibility index (Phi) is 3.97. The third kappa shape index (κ3) is 3.00. The SMILES string of the molecule is Cc1ccc(C(=O)[C@@H](C)Sc2nnc3c(n2)[nH]c2ccccc23)cc1. The molecule has 0 aliphatic rings. The summed E-state index contributed by atoms with van der Waals surface area (Å²) >= 11 is 1.32. The average Bonchev–Trinajstić information content (AvgIpc) is 2.99. The fourth-order valence-corrected chi connectivity index (χ4v) is 3.51. The smallest absolute Gasteiger partial charge is 0.211 e. The topological polar surface area (TPSA) is 71.5 Å². The van der Waals surface area contributed by atoms with E-state index >= 15 is 0 Å². The minimum Gasteiger partial charge on any atom is -0.338 e. The second-order valence-corrected chi connectivity index (χ2v) is 7.26. The zero-order valence-electron chi connectivity index (χ0n) is 13.9. The first-order valence-corrected chi connectivity index (χ1v) is 8.88. The molecule has 124 valence electrons. The number of benzene rings is 2. The van der Waals surface area contributed by atoms with Crippen molar-refractivity contribution in [3.63, 3.8) is 0 Å². The molecule has 0 amide bonds. The number of para-hydroxylation sites is 1. The van der Waals surface area contributed by atoms with Crippen LogP contribution in [0.4, 0.5) is 0 Å². The Bertz CT molecular complexity index is 1070. The molecule has 0 saturated heterocycles. The first-order chi connectivity index (χ1) is 12.1. The number of Topliss-reactive ketones (excluding diaryl/α,β-unsaturated/α-hetero) is 1. The van der Waals surface area contributed by atoms with E-state index in [2.05, 4.69) is 20.2 Å². The zero-order valence-corrected chi connectivity index (χ0v) is 14.7. The van der Waals surface area contributed by atoms with E-state index in [9.17, 15) is 4.79 Å². The van der Waals surface area contributed by atoms with Gasteiger partial charge in [0.2, 0.25) is 5.16 Å². The normalized spacial score (nSPS) is 12.6. The van der Waals surface area contributed by atoms with E-state index in [1.807, 2.05) is 62.4 Å².